The second kappa shape index (κ2) is 5.74. The summed E-state index contributed by atoms with van der Waals surface area (Å²) in [7, 11) is 0. The van der Waals surface area contributed by atoms with E-state index in [1.165, 1.54) is 50.5 Å². The molecule has 1 fully saturated rings. The summed E-state index contributed by atoms with van der Waals surface area (Å²) in [4.78, 5) is 4.24. The van der Waals surface area contributed by atoms with Crippen molar-refractivity contribution in [3.63, 3.8) is 0 Å². The molecule has 94 valence electrons. The largest absolute Gasteiger partial charge is 0.312 e. The fraction of sp³-hybridized carbons (Fsp3) is 0.692. The second-order valence-electron chi connectivity index (χ2n) is 4.91. The average Bonchev–Trinajstić information content (AvgIpc) is 2.85. The van der Waals surface area contributed by atoms with E-state index in [4.69, 9.17) is 0 Å². The summed E-state index contributed by atoms with van der Waals surface area (Å²) >= 11 is 4.03. The number of hydrogen-bond donors (Lipinski definition) is 1. The molecule has 1 saturated heterocycles. The molecule has 2 nitrogen and oxygen atoms in total. The molecule has 1 aromatic rings. The van der Waals surface area contributed by atoms with Crippen LogP contribution < -0.4 is 5.32 Å². The molecule has 0 radical (unpaired) electrons. The summed E-state index contributed by atoms with van der Waals surface area (Å²) in [6, 6.07) is 3.05. The van der Waals surface area contributed by atoms with E-state index in [0.29, 0.717) is 0 Å². The normalized spacial score (nSPS) is 25.8. The van der Waals surface area contributed by atoms with Gasteiger partial charge in [-0.15, -0.1) is 11.3 Å². The van der Waals surface area contributed by atoms with E-state index in [1.807, 2.05) is 11.3 Å². The first-order valence-corrected chi connectivity index (χ1v) is 8.54. The van der Waals surface area contributed by atoms with Gasteiger partial charge in [0.25, 0.3) is 0 Å². The molecule has 0 saturated carbocycles. The number of rotatable bonds is 3. The Labute approximate surface area is 112 Å². The van der Waals surface area contributed by atoms with E-state index in [-0.39, 0.29) is 0 Å². The summed E-state index contributed by atoms with van der Waals surface area (Å²) in [5.74, 6) is 2.59. The minimum atomic E-state index is 0.748. The van der Waals surface area contributed by atoms with Gasteiger partial charge in [0.15, 0.2) is 0 Å². The van der Waals surface area contributed by atoms with Crippen LogP contribution in [0.3, 0.4) is 0 Å². The molecule has 0 spiro atoms. The maximum atomic E-state index is 3.63. The van der Waals surface area contributed by atoms with Gasteiger partial charge in [-0.05, 0) is 29.9 Å². The Morgan fingerprint density at radius 3 is 3.35 bits per heavy atom. The molecule has 1 aromatic heterocycles. The van der Waals surface area contributed by atoms with Crippen molar-refractivity contribution < 1.29 is 0 Å². The molecular formula is C13H20N2S2. The summed E-state index contributed by atoms with van der Waals surface area (Å²) in [6.07, 6.45) is 2.58. The quantitative estimate of drug-likeness (QED) is 0.905. The van der Waals surface area contributed by atoms with Crippen molar-refractivity contribution in [2.45, 2.75) is 25.4 Å². The van der Waals surface area contributed by atoms with Gasteiger partial charge in [0.1, 0.15) is 0 Å². The molecule has 3 rings (SSSR count). The van der Waals surface area contributed by atoms with Gasteiger partial charge < -0.3 is 5.32 Å². The predicted octanol–water partition coefficient (Wildman–Crippen LogP) is 2.20. The predicted molar refractivity (Wildman–Crippen MR) is 77.0 cm³/mol. The van der Waals surface area contributed by atoms with Crippen LogP contribution in [0.25, 0.3) is 0 Å². The van der Waals surface area contributed by atoms with E-state index in [2.05, 4.69) is 33.4 Å². The van der Waals surface area contributed by atoms with Crippen LogP contribution in [0.5, 0.6) is 0 Å². The Bertz CT molecular complexity index is 358. The van der Waals surface area contributed by atoms with E-state index >= 15 is 0 Å². The van der Waals surface area contributed by atoms with Gasteiger partial charge in [-0.3, -0.25) is 4.90 Å². The topological polar surface area (TPSA) is 15.3 Å². The lowest BCUT2D eigenvalue weighted by Crippen LogP contribution is -2.41. The molecule has 0 amide bonds. The number of thiophene rings is 1. The van der Waals surface area contributed by atoms with Crippen molar-refractivity contribution >= 4 is 23.1 Å². The lowest BCUT2D eigenvalue weighted by molar-refractivity contribution is 0.243. The monoisotopic (exact) mass is 268 g/mol. The molecule has 3 heterocycles. The minimum absolute atomic E-state index is 0.748. The highest BCUT2D eigenvalue weighted by Crippen LogP contribution is 2.24. The zero-order chi connectivity index (χ0) is 11.5. The molecule has 1 atom stereocenters. The first-order valence-electron chi connectivity index (χ1n) is 6.50. The van der Waals surface area contributed by atoms with Crippen molar-refractivity contribution in [2.24, 2.45) is 0 Å². The summed E-state index contributed by atoms with van der Waals surface area (Å²) in [5, 5.41) is 5.87. The van der Waals surface area contributed by atoms with E-state index < -0.39 is 0 Å². The van der Waals surface area contributed by atoms with Gasteiger partial charge in [-0.1, -0.05) is 0 Å². The van der Waals surface area contributed by atoms with Crippen LogP contribution in [0.4, 0.5) is 0 Å². The Morgan fingerprint density at radius 2 is 2.47 bits per heavy atom. The molecule has 2 aliphatic rings. The van der Waals surface area contributed by atoms with Crippen molar-refractivity contribution in [3.8, 4) is 0 Å². The molecule has 0 bridgehead atoms. The van der Waals surface area contributed by atoms with Gasteiger partial charge in [-0.2, -0.15) is 11.8 Å². The number of nitrogens with zero attached hydrogens (tertiary/aromatic N) is 1. The third kappa shape index (κ3) is 3.05. The highest BCUT2D eigenvalue weighted by Gasteiger charge is 2.19. The van der Waals surface area contributed by atoms with Gasteiger partial charge in [0, 0.05) is 48.6 Å². The van der Waals surface area contributed by atoms with Crippen LogP contribution in [-0.4, -0.2) is 42.1 Å². The zero-order valence-corrected chi connectivity index (χ0v) is 11.8. The lowest BCUT2D eigenvalue weighted by Gasteiger charge is -2.30. The highest BCUT2D eigenvalue weighted by atomic mass is 32.2. The van der Waals surface area contributed by atoms with Crippen LogP contribution >= 0.6 is 23.1 Å². The Morgan fingerprint density at radius 1 is 1.47 bits per heavy atom. The van der Waals surface area contributed by atoms with Crippen LogP contribution in [0, 0.1) is 0 Å². The smallest absolute Gasteiger partial charge is 0.0244 e. The average molecular weight is 268 g/mol. The van der Waals surface area contributed by atoms with Gasteiger partial charge in [-0.25, -0.2) is 0 Å². The van der Waals surface area contributed by atoms with Crippen molar-refractivity contribution in [2.75, 3.05) is 31.1 Å². The fourth-order valence-electron chi connectivity index (χ4n) is 2.64. The highest BCUT2D eigenvalue weighted by molar-refractivity contribution is 7.99. The molecule has 1 N–H and O–H groups in total. The van der Waals surface area contributed by atoms with Crippen molar-refractivity contribution in [3.05, 3.63) is 21.9 Å². The minimum Gasteiger partial charge on any atom is -0.312 e. The van der Waals surface area contributed by atoms with E-state index in [9.17, 15) is 0 Å². The molecule has 2 aliphatic heterocycles. The number of nitrogens with one attached hydrogen (secondary N) is 1. The van der Waals surface area contributed by atoms with Crippen LogP contribution in [0.2, 0.25) is 0 Å². The SMILES string of the molecule is c1cc2c(s1)CCN(CCC1CSCCN1)C2. The van der Waals surface area contributed by atoms with Gasteiger partial charge in [0.2, 0.25) is 0 Å². The zero-order valence-electron chi connectivity index (χ0n) is 10.2. The number of hydrogen-bond acceptors (Lipinski definition) is 4. The van der Waals surface area contributed by atoms with E-state index in [1.54, 1.807) is 10.4 Å². The standard InChI is InChI=1S/C13H20N2S2/c1(12-10-16-8-4-14-12)5-15-6-2-13-11(9-15)3-7-17-13/h3,7,12,14H,1-2,4-6,8-10H2. The summed E-state index contributed by atoms with van der Waals surface area (Å²) in [5.41, 5.74) is 1.58. The lowest BCUT2D eigenvalue weighted by atomic mass is 10.1. The van der Waals surface area contributed by atoms with Gasteiger partial charge >= 0.3 is 0 Å². The number of fused-ring (bicyclic) bond motifs is 1. The molecule has 17 heavy (non-hydrogen) atoms. The Hall–Kier alpha value is -0.0300. The molecule has 0 aliphatic carbocycles. The first-order chi connectivity index (χ1) is 8.42. The first kappa shape index (κ1) is 12.0. The number of thioether (sulfide) groups is 1. The molecule has 0 aromatic carbocycles. The Balaban J connectivity index is 1.47. The summed E-state index contributed by atoms with van der Waals surface area (Å²) in [6.45, 7) is 4.89. The maximum absolute atomic E-state index is 3.63. The maximum Gasteiger partial charge on any atom is 0.0244 e. The van der Waals surface area contributed by atoms with Crippen molar-refractivity contribution in [1.82, 2.24) is 10.2 Å². The summed E-state index contributed by atoms with van der Waals surface area (Å²) < 4.78 is 0. The molecular weight excluding hydrogens is 248 g/mol. The van der Waals surface area contributed by atoms with Crippen LogP contribution in [0.15, 0.2) is 11.4 Å². The molecule has 1 unspecified atom stereocenters. The van der Waals surface area contributed by atoms with Crippen LogP contribution in [-0.2, 0) is 13.0 Å². The Kier molecular flexibility index (Phi) is 4.06. The third-order valence-electron chi connectivity index (χ3n) is 3.68. The second-order valence-corrected chi connectivity index (χ2v) is 7.06. The fourth-order valence-corrected chi connectivity index (χ4v) is 4.53. The van der Waals surface area contributed by atoms with Crippen molar-refractivity contribution in [1.29, 1.82) is 0 Å². The van der Waals surface area contributed by atoms with E-state index in [0.717, 1.165) is 6.04 Å². The van der Waals surface area contributed by atoms with Crippen LogP contribution in [0.1, 0.15) is 16.9 Å². The van der Waals surface area contributed by atoms with Gasteiger partial charge in [0.05, 0.1) is 0 Å². The molecule has 4 heteroatoms. The third-order valence-corrected chi connectivity index (χ3v) is 5.83.